The van der Waals surface area contributed by atoms with Crippen molar-refractivity contribution in [2.75, 3.05) is 39.3 Å². The lowest BCUT2D eigenvalue weighted by Crippen LogP contribution is -2.54. The SMILES string of the molecule is Cl.NC[C@H]1CC[C@@H](C(=O)N2CCN(C(=O)C3CCCO3)CC2)O1. The molecule has 3 atom stereocenters. The molecule has 3 rings (SSSR count). The Labute approximate surface area is 142 Å². The van der Waals surface area contributed by atoms with Gasteiger partial charge in [-0.2, -0.15) is 0 Å². The molecule has 8 heteroatoms. The van der Waals surface area contributed by atoms with E-state index in [2.05, 4.69) is 0 Å². The van der Waals surface area contributed by atoms with Crippen LogP contribution in [0.25, 0.3) is 0 Å². The van der Waals surface area contributed by atoms with Crippen molar-refractivity contribution >= 4 is 24.2 Å². The lowest BCUT2D eigenvalue weighted by molar-refractivity contribution is -0.150. The summed E-state index contributed by atoms with van der Waals surface area (Å²) in [5.41, 5.74) is 5.58. The number of carbonyl (C=O) groups excluding carboxylic acids is 2. The van der Waals surface area contributed by atoms with Gasteiger partial charge in [0.1, 0.15) is 12.2 Å². The van der Waals surface area contributed by atoms with Gasteiger partial charge in [-0.1, -0.05) is 0 Å². The molecular formula is C15H26ClN3O4. The summed E-state index contributed by atoms with van der Waals surface area (Å²) in [5, 5.41) is 0. The van der Waals surface area contributed by atoms with Crippen LogP contribution in [0.2, 0.25) is 0 Å². The van der Waals surface area contributed by atoms with Crippen LogP contribution in [0.1, 0.15) is 25.7 Å². The van der Waals surface area contributed by atoms with E-state index in [9.17, 15) is 9.59 Å². The molecule has 3 aliphatic rings. The molecule has 0 spiro atoms. The van der Waals surface area contributed by atoms with Crippen molar-refractivity contribution in [2.45, 2.75) is 44.0 Å². The van der Waals surface area contributed by atoms with Gasteiger partial charge >= 0.3 is 0 Å². The summed E-state index contributed by atoms with van der Waals surface area (Å²) in [6, 6.07) is 0. The van der Waals surface area contributed by atoms with Gasteiger partial charge in [0, 0.05) is 39.3 Å². The fraction of sp³-hybridized carbons (Fsp3) is 0.867. The zero-order valence-corrected chi connectivity index (χ0v) is 14.1. The largest absolute Gasteiger partial charge is 0.368 e. The molecule has 0 radical (unpaired) electrons. The summed E-state index contributed by atoms with van der Waals surface area (Å²) >= 11 is 0. The van der Waals surface area contributed by atoms with E-state index in [1.165, 1.54) is 0 Å². The number of piperazine rings is 1. The first-order chi connectivity index (χ1) is 10.7. The third-order valence-electron chi connectivity index (χ3n) is 4.75. The quantitative estimate of drug-likeness (QED) is 0.762. The van der Waals surface area contributed by atoms with Gasteiger partial charge in [0.2, 0.25) is 0 Å². The first kappa shape index (κ1) is 18.4. The van der Waals surface area contributed by atoms with Crippen molar-refractivity contribution in [2.24, 2.45) is 5.73 Å². The molecule has 3 fully saturated rings. The van der Waals surface area contributed by atoms with Crippen LogP contribution in [0, 0.1) is 0 Å². The predicted octanol–water partition coefficient (Wildman–Crippen LogP) is -0.236. The summed E-state index contributed by atoms with van der Waals surface area (Å²) in [6.07, 6.45) is 2.75. The molecule has 3 heterocycles. The average molecular weight is 348 g/mol. The van der Waals surface area contributed by atoms with E-state index in [1.807, 2.05) is 9.80 Å². The number of rotatable bonds is 3. The minimum atomic E-state index is -0.353. The van der Waals surface area contributed by atoms with Crippen molar-refractivity contribution in [3.05, 3.63) is 0 Å². The third kappa shape index (κ3) is 4.15. The average Bonchev–Trinajstić information content (AvgIpc) is 3.25. The Morgan fingerprint density at radius 3 is 2.04 bits per heavy atom. The van der Waals surface area contributed by atoms with Gasteiger partial charge in [0.05, 0.1) is 6.10 Å². The van der Waals surface area contributed by atoms with Crippen molar-refractivity contribution in [3.63, 3.8) is 0 Å². The molecule has 7 nitrogen and oxygen atoms in total. The van der Waals surface area contributed by atoms with Crippen LogP contribution in [0.5, 0.6) is 0 Å². The fourth-order valence-electron chi connectivity index (χ4n) is 3.39. The molecule has 1 unspecified atom stereocenters. The summed E-state index contributed by atoms with van der Waals surface area (Å²) in [4.78, 5) is 28.3. The molecule has 132 valence electrons. The summed E-state index contributed by atoms with van der Waals surface area (Å²) in [5.74, 6) is 0.116. The Hall–Kier alpha value is -0.890. The van der Waals surface area contributed by atoms with Crippen molar-refractivity contribution in [3.8, 4) is 0 Å². The molecule has 0 aromatic rings. The number of halogens is 1. The molecule has 2 amide bonds. The highest BCUT2D eigenvalue weighted by atomic mass is 35.5. The molecule has 3 saturated heterocycles. The standard InChI is InChI=1S/C15H25N3O4.ClH/c16-10-11-3-4-13(22-11)15(20)18-7-5-17(6-8-18)14(19)12-2-1-9-21-12;/h11-13H,1-10,16H2;1H/t11-,12?,13+;/m1./s1. The van der Waals surface area contributed by atoms with Crippen LogP contribution in [-0.2, 0) is 19.1 Å². The Kier molecular flexibility index (Phi) is 6.64. The highest BCUT2D eigenvalue weighted by Crippen LogP contribution is 2.22. The molecule has 0 aromatic heterocycles. The third-order valence-corrected chi connectivity index (χ3v) is 4.75. The molecule has 0 saturated carbocycles. The first-order valence-electron chi connectivity index (χ1n) is 8.23. The normalized spacial score (nSPS) is 31.1. The van der Waals surface area contributed by atoms with Crippen LogP contribution in [0.4, 0.5) is 0 Å². The second-order valence-corrected chi connectivity index (χ2v) is 6.21. The molecule has 2 N–H and O–H groups in total. The number of hydrogen-bond acceptors (Lipinski definition) is 5. The molecule has 0 aliphatic carbocycles. The van der Waals surface area contributed by atoms with Gasteiger partial charge in [-0.3, -0.25) is 9.59 Å². The Morgan fingerprint density at radius 1 is 0.957 bits per heavy atom. The first-order valence-corrected chi connectivity index (χ1v) is 8.23. The number of nitrogens with zero attached hydrogens (tertiary/aromatic N) is 2. The highest BCUT2D eigenvalue weighted by molar-refractivity contribution is 5.85. The highest BCUT2D eigenvalue weighted by Gasteiger charge is 2.36. The van der Waals surface area contributed by atoms with E-state index in [4.69, 9.17) is 15.2 Å². The monoisotopic (exact) mass is 347 g/mol. The molecule has 3 aliphatic heterocycles. The number of ether oxygens (including phenoxy) is 2. The summed E-state index contributed by atoms with van der Waals surface area (Å²) < 4.78 is 11.1. The van der Waals surface area contributed by atoms with E-state index in [0.29, 0.717) is 39.3 Å². The van der Waals surface area contributed by atoms with Gasteiger partial charge in [0.25, 0.3) is 11.8 Å². The van der Waals surface area contributed by atoms with Crippen molar-refractivity contribution < 1.29 is 19.1 Å². The molecule has 23 heavy (non-hydrogen) atoms. The topological polar surface area (TPSA) is 85.1 Å². The number of carbonyl (C=O) groups is 2. The zero-order chi connectivity index (χ0) is 15.5. The van der Waals surface area contributed by atoms with Gasteiger partial charge < -0.3 is 25.0 Å². The minimum Gasteiger partial charge on any atom is -0.368 e. The van der Waals surface area contributed by atoms with Crippen LogP contribution < -0.4 is 5.73 Å². The van der Waals surface area contributed by atoms with Crippen molar-refractivity contribution in [1.82, 2.24) is 9.80 Å². The Balaban J connectivity index is 0.00000192. The zero-order valence-electron chi connectivity index (χ0n) is 13.3. The van der Waals surface area contributed by atoms with Gasteiger partial charge in [-0.05, 0) is 25.7 Å². The number of nitrogens with two attached hydrogens (primary N) is 1. The van der Waals surface area contributed by atoms with Crippen LogP contribution in [0.15, 0.2) is 0 Å². The second-order valence-electron chi connectivity index (χ2n) is 6.21. The lowest BCUT2D eigenvalue weighted by atomic mass is 10.1. The maximum absolute atomic E-state index is 12.4. The van der Waals surface area contributed by atoms with Gasteiger partial charge in [0.15, 0.2) is 0 Å². The van der Waals surface area contributed by atoms with Crippen LogP contribution >= 0.6 is 12.4 Å². The fourth-order valence-corrected chi connectivity index (χ4v) is 3.39. The Morgan fingerprint density at radius 2 is 1.57 bits per heavy atom. The molecule has 0 aromatic carbocycles. The second kappa shape index (κ2) is 8.28. The molecular weight excluding hydrogens is 322 g/mol. The number of hydrogen-bond donors (Lipinski definition) is 1. The van der Waals surface area contributed by atoms with E-state index in [-0.39, 0.29) is 42.5 Å². The van der Waals surface area contributed by atoms with E-state index in [0.717, 1.165) is 25.7 Å². The predicted molar refractivity (Wildman–Crippen MR) is 86.3 cm³/mol. The molecule has 0 bridgehead atoms. The van der Waals surface area contributed by atoms with Gasteiger partial charge in [-0.15, -0.1) is 12.4 Å². The van der Waals surface area contributed by atoms with Gasteiger partial charge in [-0.25, -0.2) is 0 Å². The van der Waals surface area contributed by atoms with E-state index < -0.39 is 0 Å². The summed E-state index contributed by atoms with van der Waals surface area (Å²) in [7, 11) is 0. The lowest BCUT2D eigenvalue weighted by Gasteiger charge is -2.36. The summed E-state index contributed by atoms with van der Waals surface area (Å²) in [6.45, 7) is 3.45. The maximum atomic E-state index is 12.4. The minimum absolute atomic E-state index is 0. The van der Waals surface area contributed by atoms with E-state index in [1.54, 1.807) is 0 Å². The Bertz CT molecular complexity index is 423. The van der Waals surface area contributed by atoms with Crippen LogP contribution in [0.3, 0.4) is 0 Å². The maximum Gasteiger partial charge on any atom is 0.251 e. The van der Waals surface area contributed by atoms with Crippen molar-refractivity contribution in [1.29, 1.82) is 0 Å². The van der Waals surface area contributed by atoms with E-state index >= 15 is 0 Å². The smallest absolute Gasteiger partial charge is 0.251 e. The number of amides is 2. The van der Waals surface area contributed by atoms with Crippen LogP contribution in [-0.4, -0.2) is 79.3 Å².